The number of ketones is 1. The highest BCUT2D eigenvalue weighted by molar-refractivity contribution is 6.46. The summed E-state index contributed by atoms with van der Waals surface area (Å²) in [6.45, 7) is 1.50. The molecule has 0 aromatic heterocycles. The van der Waals surface area contributed by atoms with Crippen molar-refractivity contribution in [2.45, 2.75) is 6.04 Å². The Bertz CT molecular complexity index is 1070. The van der Waals surface area contributed by atoms with Crippen LogP contribution < -0.4 is 19.5 Å². The van der Waals surface area contributed by atoms with E-state index in [0.29, 0.717) is 31.3 Å². The van der Waals surface area contributed by atoms with Crippen LogP contribution in [0, 0.1) is 5.82 Å². The van der Waals surface area contributed by atoms with Gasteiger partial charge in [-0.2, -0.15) is 0 Å². The number of Topliss-reactive ketones (excluding diaryl/α,β-unsaturated/α-hetero) is 1. The van der Waals surface area contributed by atoms with E-state index in [1.807, 2.05) is 14.1 Å². The van der Waals surface area contributed by atoms with Crippen LogP contribution in [0.2, 0.25) is 0 Å². The Balaban J connectivity index is 1.84. The summed E-state index contributed by atoms with van der Waals surface area (Å²) in [4.78, 5) is 28.1. The minimum Gasteiger partial charge on any atom is -0.872 e. The summed E-state index contributed by atoms with van der Waals surface area (Å²) in [5.74, 6) is -2.00. The number of nitrogens with one attached hydrogen (secondary N) is 1. The lowest BCUT2D eigenvalue weighted by atomic mass is 9.94. The lowest BCUT2D eigenvalue weighted by molar-refractivity contribution is -0.857. The van der Waals surface area contributed by atoms with Crippen LogP contribution in [0.25, 0.3) is 5.76 Å². The summed E-state index contributed by atoms with van der Waals surface area (Å²) in [5, 5.41) is 13.4. The number of nitrogens with zero attached hydrogens (tertiary/aromatic N) is 1. The molecule has 31 heavy (non-hydrogen) atoms. The van der Waals surface area contributed by atoms with Crippen molar-refractivity contribution < 1.29 is 33.5 Å². The number of benzene rings is 2. The molecule has 0 saturated carbocycles. The zero-order valence-electron chi connectivity index (χ0n) is 17.3. The van der Waals surface area contributed by atoms with Gasteiger partial charge in [0.1, 0.15) is 19.0 Å². The van der Waals surface area contributed by atoms with Crippen molar-refractivity contribution in [3.8, 4) is 11.5 Å². The predicted molar refractivity (Wildman–Crippen MR) is 108 cm³/mol. The van der Waals surface area contributed by atoms with Crippen LogP contribution in [0.5, 0.6) is 11.5 Å². The molecule has 162 valence electrons. The fraction of sp³-hybridized carbons (Fsp3) is 0.304. The summed E-state index contributed by atoms with van der Waals surface area (Å²) in [6, 6.07) is 9.41. The van der Waals surface area contributed by atoms with Gasteiger partial charge in [0.25, 0.3) is 5.91 Å². The average molecular weight is 426 g/mol. The topological polar surface area (TPSA) is 83.3 Å². The van der Waals surface area contributed by atoms with Gasteiger partial charge < -0.3 is 24.4 Å². The molecule has 1 unspecified atom stereocenters. The summed E-state index contributed by atoms with van der Waals surface area (Å²) >= 11 is 0. The van der Waals surface area contributed by atoms with E-state index in [2.05, 4.69) is 0 Å². The van der Waals surface area contributed by atoms with E-state index in [0.717, 1.165) is 4.90 Å². The Labute approximate surface area is 179 Å². The first-order valence-corrected chi connectivity index (χ1v) is 10.1. The van der Waals surface area contributed by atoms with Gasteiger partial charge in [0.2, 0.25) is 5.78 Å². The van der Waals surface area contributed by atoms with Gasteiger partial charge in [0, 0.05) is 11.1 Å². The predicted octanol–water partition coefficient (Wildman–Crippen LogP) is -0.0346. The number of carbonyl (C=O) groups excluding carboxylic acids is 2. The maximum absolute atomic E-state index is 14.7. The van der Waals surface area contributed by atoms with Crippen molar-refractivity contribution in [1.82, 2.24) is 4.90 Å². The fourth-order valence-electron chi connectivity index (χ4n) is 3.81. The second kappa shape index (κ2) is 8.39. The zero-order chi connectivity index (χ0) is 22.1. The van der Waals surface area contributed by atoms with Gasteiger partial charge in [-0.15, -0.1) is 0 Å². The standard InChI is InChI=1S/C23H23FN2O5/c1-25(2)9-10-26-20(15-5-3-4-6-16(15)24)19(22(28)23(26)29)21(27)14-7-8-17-18(13-14)31-12-11-30-17/h3-8,13,20,27H,9-12H2,1-2H3/b21-19+. The van der Waals surface area contributed by atoms with E-state index < -0.39 is 29.3 Å². The van der Waals surface area contributed by atoms with Crippen LogP contribution in [0.15, 0.2) is 48.0 Å². The van der Waals surface area contributed by atoms with Crippen molar-refractivity contribution in [2.24, 2.45) is 0 Å². The molecule has 1 saturated heterocycles. The number of likely N-dealkylation sites (tertiary alicyclic amines) is 1. The molecule has 0 aliphatic carbocycles. The molecule has 1 atom stereocenters. The van der Waals surface area contributed by atoms with E-state index in [1.54, 1.807) is 12.1 Å². The first kappa shape index (κ1) is 20.9. The Hall–Kier alpha value is -3.39. The molecular weight excluding hydrogens is 403 g/mol. The summed E-state index contributed by atoms with van der Waals surface area (Å²) in [5.41, 5.74) is 0.0544. The molecule has 2 aliphatic rings. The van der Waals surface area contributed by atoms with Gasteiger partial charge in [-0.3, -0.25) is 9.59 Å². The number of fused-ring (bicyclic) bond motifs is 1. The van der Waals surface area contributed by atoms with Gasteiger partial charge in [-0.25, -0.2) is 4.39 Å². The van der Waals surface area contributed by atoms with Crippen molar-refractivity contribution in [3.05, 3.63) is 65.0 Å². The molecule has 2 aromatic rings. The third-order valence-corrected chi connectivity index (χ3v) is 5.39. The van der Waals surface area contributed by atoms with Gasteiger partial charge in [-0.05, 0) is 23.8 Å². The summed E-state index contributed by atoms with van der Waals surface area (Å²) < 4.78 is 25.7. The van der Waals surface area contributed by atoms with Crippen LogP contribution in [0.4, 0.5) is 4.39 Å². The quantitative estimate of drug-likeness (QED) is 0.412. The lowest BCUT2D eigenvalue weighted by Gasteiger charge is -2.28. The van der Waals surface area contributed by atoms with Crippen LogP contribution in [-0.2, 0) is 9.59 Å². The van der Waals surface area contributed by atoms with Crippen molar-refractivity contribution in [3.63, 3.8) is 0 Å². The Morgan fingerprint density at radius 2 is 1.84 bits per heavy atom. The second-order valence-corrected chi connectivity index (χ2v) is 7.81. The lowest BCUT2D eigenvalue weighted by Crippen LogP contribution is -3.06. The van der Waals surface area contributed by atoms with Gasteiger partial charge in [0.15, 0.2) is 11.5 Å². The number of amides is 1. The minimum absolute atomic E-state index is 0.122. The number of hydrogen-bond donors (Lipinski definition) is 1. The summed E-state index contributed by atoms with van der Waals surface area (Å²) in [7, 11) is 3.82. The van der Waals surface area contributed by atoms with Gasteiger partial charge in [0.05, 0.1) is 33.2 Å². The monoisotopic (exact) mass is 426 g/mol. The zero-order valence-corrected chi connectivity index (χ0v) is 17.3. The third-order valence-electron chi connectivity index (χ3n) is 5.39. The molecule has 0 radical (unpaired) electrons. The highest BCUT2D eigenvalue weighted by atomic mass is 19.1. The molecule has 1 N–H and O–H groups in total. The fourth-order valence-corrected chi connectivity index (χ4v) is 3.81. The molecule has 2 heterocycles. The first-order chi connectivity index (χ1) is 14.9. The Kier molecular flexibility index (Phi) is 5.65. The SMILES string of the molecule is C[NH+](C)CCN1C(=O)C(=O)/C(=C(/[O-])c2ccc3c(c2)OCCO3)C1c1ccccc1F. The first-order valence-electron chi connectivity index (χ1n) is 10.1. The maximum atomic E-state index is 14.7. The summed E-state index contributed by atoms with van der Waals surface area (Å²) in [6.07, 6.45) is 0. The van der Waals surface area contributed by atoms with Crippen molar-refractivity contribution >= 4 is 17.4 Å². The molecule has 8 heteroatoms. The molecule has 2 aliphatic heterocycles. The molecule has 2 aromatic carbocycles. The largest absolute Gasteiger partial charge is 0.872 e. The van der Waals surface area contributed by atoms with Crippen LogP contribution in [0.3, 0.4) is 0 Å². The molecule has 0 bridgehead atoms. The number of rotatable bonds is 5. The molecule has 7 nitrogen and oxygen atoms in total. The molecule has 1 fully saturated rings. The molecule has 0 spiro atoms. The third kappa shape index (κ3) is 3.86. The highest BCUT2D eigenvalue weighted by Gasteiger charge is 2.45. The Morgan fingerprint density at radius 1 is 1.13 bits per heavy atom. The molecular formula is C23H23FN2O5. The van der Waals surface area contributed by atoms with E-state index in [1.165, 1.54) is 35.2 Å². The maximum Gasteiger partial charge on any atom is 0.295 e. The van der Waals surface area contributed by atoms with E-state index in [9.17, 15) is 19.1 Å². The van der Waals surface area contributed by atoms with Crippen molar-refractivity contribution in [1.29, 1.82) is 0 Å². The minimum atomic E-state index is -1.08. The number of likely N-dealkylation sites (N-methyl/N-ethyl adjacent to an activating group) is 1. The van der Waals surface area contributed by atoms with Crippen LogP contribution in [0.1, 0.15) is 17.2 Å². The van der Waals surface area contributed by atoms with E-state index >= 15 is 0 Å². The van der Waals surface area contributed by atoms with E-state index in [-0.39, 0.29) is 23.2 Å². The number of hydrogen-bond acceptors (Lipinski definition) is 5. The smallest absolute Gasteiger partial charge is 0.295 e. The van der Waals surface area contributed by atoms with E-state index in [4.69, 9.17) is 9.47 Å². The van der Waals surface area contributed by atoms with Gasteiger partial charge >= 0.3 is 0 Å². The molecule has 1 amide bonds. The number of quaternary nitrogens is 1. The second-order valence-electron chi connectivity index (χ2n) is 7.81. The number of ether oxygens (including phenoxy) is 2. The number of halogens is 1. The number of carbonyl (C=O) groups is 2. The van der Waals surface area contributed by atoms with Crippen LogP contribution in [-0.4, -0.2) is 57.0 Å². The van der Waals surface area contributed by atoms with Gasteiger partial charge in [-0.1, -0.05) is 30.0 Å². The van der Waals surface area contributed by atoms with Crippen molar-refractivity contribution in [2.75, 3.05) is 40.4 Å². The highest BCUT2D eigenvalue weighted by Crippen LogP contribution is 2.40. The Morgan fingerprint density at radius 3 is 2.55 bits per heavy atom. The average Bonchev–Trinajstić information content (AvgIpc) is 3.01. The normalized spacial score (nSPS) is 19.9. The van der Waals surface area contributed by atoms with Crippen LogP contribution >= 0.6 is 0 Å². The molecule has 4 rings (SSSR count).